The van der Waals surface area contributed by atoms with E-state index >= 15 is 0 Å². The van der Waals surface area contributed by atoms with Crippen LogP contribution in [-0.2, 0) is 9.59 Å². The number of hydrogen-bond acceptors (Lipinski definition) is 3. The SMILES string of the molecule is CCN1CCCC1CN1C(=O)CCC(C(=O)O)C1c1cccc(C)c1. The molecule has 5 nitrogen and oxygen atoms in total. The van der Waals surface area contributed by atoms with Gasteiger partial charge in [-0.2, -0.15) is 0 Å². The third-order valence-corrected chi connectivity index (χ3v) is 5.72. The van der Waals surface area contributed by atoms with Gasteiger partial charge in [0.05, 0.1) is 12.0 Å². The zero-order valence-electron chi connectivity index (χ0n) is 15.1. The largest absolute Gasteiger partial charge is 0.481 e. The molecule has 2 heterocycles. The van der Waals surface area contributed by atoms with Crippen molar-refractivity contribution in [3.05, 3.63) is 35.4 Å². The Labute approximate surface area is 149 Å². The lowest BCUT2D eigenvalue weighted by atomic mass is 9.83. The summed E-state index contributed by atoms with van der Waals surface area (Å²) in [5, 5.41) is 9.75. The number of carboxylic acid groups (broad SMARTS) is 1. The second kappa shape index (κ2) is 7.56. The average molecular weight is 344 g/mol. The maximum atomic E-state index is 12.7. The maximum absolute atomic E-state index is 12.7. The third-order valence-electron chi connectivity index (χ3n) is 5.72. The van der Waals surface area contributed by atoms with E-state index in [2.05, 4.69) is 11.8 Å². The van der Waals surface area contributed by atoms with E-state index in [1.807, 2.05) is 36.1 Å². The van der Waals surface area contributed by atoms with Crippen molar-refractivity contribution < 1.29 is 14.7 Å². The first-order valence-corrected chi connectivity index (χ1v) is 9.34. The highest BCUT2D eigenvalue weighted by molar-refractivity contribution is 5.81. The summed E-state index contributed by atoms with van der Waals surface area (Å²) in [6, 6.07) is 7.93. The van der Waals surface area contributed by atoms with Crippen molar-refractivity contribution in [3.63, 3.8) is 0 Å². The summed E-state index contributed by atoms with van der Waals surface area (Å²) in [7, 11) is 0. The Kier molecular flexibility index (Phi) is 5.42. The van der Waals surface area contributed by atoms with Gasteiger partial charge in [-0.25, -0.2) is 0 Å². The fourth-order valence-corrected chi connectivity index (χ4v) is 4.44. The van der Waals surface area contributed by atoms with Crippen LogP contribution in [0.3, 0.4) is 0 Å². The van der Waals surface area contributed by atoms with E-state index in [1.165, 1.54) is 0 Å². The number of hydrogen-bond donors (Lipinski definition) is 1. The highest BCUT2D eigenvalue weighted by Gasteiger charge is 2.42. The average Bonchev–Trinajstić information content (AvgIpc) is 3.03. The first-order valence-electron chi connectivity index (χ1n) is 9.34. The molecule has 3 atom stereocenters. The fourth-order valence-electron chi connectivity index (χ4n) is 4.44. The smallest absolute Gasteiger partial charge is 0.308 e. The number of aliphatic carboxylic acids is 1. The monoisotopic (exact) mass is 344 g/mol. The Morgan fingerprint density at radius 1 is 1.32 bits per heavy atom. The number of benzene rings is 1. The number of amides is 1. The van der Waals surface area contributed by atoms with Gasteiger partial charge >= 0.3 is 5.97 Å². The number of carboxylic acids is 1. The summed E-state index contributed by atoms with van der Waals surface area (Å²) in [6.45, 7) is 6.83. The van der Waals surface area contributed by atoms with Crippen LogP contribution < -0.4 is 0 Å². The van der Waals surface area contributed by atoms with Gasteiger partial charge in [0.25, 0.3) is 0 Å². The van der Waals surface area contributed by atoms with Crippen LogP contribution in [0.5, 0.6) is 0 Å². The van der Waals surface area contributed by atoms with Crippen molar-refractivity contribution in [1.82, 2.24) is 9.80 Å². The molecule has 0 saturated carbocycles. The molecule has 5 heteroatoms. The van der Waals surface area contributed by atoms with Gasteiger partial charge < -0.3 is 10.0 Å². The molecule has 1 amide bonds. The number of aryl methyl sites for hydroxylation is 1. The van der Waals surface area contributed by atoms with Gasteiger partial charge in [-0.3, -0.25) is 14.5 Å². The Morgan fingerprint density at radius 2 is 2.12 bits per heavy atom. The zero-order chi connectivity index (χ0) is 18.0. The molecule has 3 unspecified atom stereocenters. The van der Waals surface area contributed by atoms with Crippen molar-refractivity contribution in [2.75, 3.05) is 19.6 Å². The molecule has 0 radical (unpaired) electrons. The molecule has 0 spiro atoms. The molecule has 1 aromatic rings. The number of rotatable bonds is 5. The van der Waals surface area contributed by atoms with Crippen molar-refractivity contribution in [1.29, 1.82) is 0 Å². The van der Waals surface area contributed by atoms with Crippen LogP contribution in [0.4, 0.5) is 0 Å². The van der Waals surface area contributed by atoms with Crippen molar-refractivity contribution >= 4 is 11.9 Å². The summed E-state index contributed by atoms with van der Waals surface area (Å²) < 4.78 is 0. The number of piperidine rings is 1. The number of likely N-dealkylation sites (N-methyl/N-ethyl adjacent to an activating group) is 1. The van der Waals surface area contributed by atoms with Gasteiger partial charge in [-0.05, 0) is 44.8 Å². The van der Waals surface area contributed by atoms with Crippen LogP contribution in [0.25, 0.3) is 0 Å². The summed E-state index contributed by atoms with van der Waals surface area (Å²) in [5.74, 6) is -1.24. The van der Waals surface area contributed by atoms with E-state index in [0.29, 0.717) is 25.4 Å². The first kappa shape index (κ1) is 17.9. The highest BCUT2D eigenvalue weighted by atomic mass is 16.4. The molecule has 1 aromatic carbocycles. The van der Waals surface area contributed by atoms with E-state index in [0.717, 1.165) is 37.1 Å². The van der Waals surface area contributed by atoms with Crippen molar-refractivity contribution in [3.8, 4) is 0 Å². The molecule has 2 aliphatic heterocycles. The van der Waals surface area contributed by atoms with E-state index in [1.54, 1.807) is 0 Å². The predicted molar refractivity (Wildman–Crippen MR) is 96.3 cm³/mol. The molecule has 3 rings (SSSR count). The summed E-state index contributed by atoms with van der Waals surface area (Å²) in [6.07, 6.45) is 2.98. The van der Waals surface area contributed by atoms with Crippen molar-refractivity contribution in [2.45, 2.75) is 51.6 Å². The van der Waals surface area contributed by atoms with Gasteiger partial charge in [0, 0.05) is 19.0 Å². The van der Waals surface area contributed by atoms with Gasteiger partial charge in [0.1, 0.15) is 0 Å². The second-order valence-corrected chi connectivity index (χ2v) is 7.31. The second-order valence-electron chi connectivity index (χ2n) is 7.31. The molecule has 1 N–H and O–H groups in total. The van der Waals surface area contributed by atoms with Gasteiger partial charge in [-0.15, -0.1) is 0 Å². The topological polar surface area (TPSA) is 60.9 Å². The summed E-state index contributed by atoms with van der Waals surface area (Å²) in [5.41, 5.74) is 2.04. The lowest BCUT2D eigenvalue weighted by Crippen LogP contribution is -2.50. The number of carbonyl (C=O) groups excluding carboxylic acids is 1. The minimum atomic E-state index is -0.803. The van der Waals surface area contributed by atoms with Crippen LogP contribution in [0.1, 0.15) is 49.8 Å². The third kappa shape index (κ3) is 3.71. The fraction of sp³-hybridized carbons (Fsp3) is 0.600. The van der Waals surface area contributed by atoms with Crippen LogP contribution in [0, 0.1) is 12.8 Å². The Hall–Kier alpha value is -1.88. The maximum Gasteiger partial charge on any atom is 0.308 e. The molecule has 2 fully saturated rings. The molecule has 25 heavy (non-hydrogen) atoms. The Morgan fingerprint density at radius 3 is 2.80 bits per heavy atom. The predicted octanol–water partition coefficient (Wildman–Crippen LogP) is 2.84. The van der Waals surface area contributed by atoms with Crippen LogP contribution in [0.15, 0.2) is 24.3 Å². The first-order chi connectivity index (χ1) is 12.0. The van der Waals surface area contributed by atoms with Gasteiger partial charge in [0.15, 0.2) is 0 Å². The Balaban J connectivity index is 1.93. The summed E-state index contributed by atoms with van der Waals surface area (Å²) in [4.78, 5) is 28.9. The minimum Gasteiger partial charge on any atom is -0.481 e. The van der Waals surface area contributed by atoms with E-state index in [4.69, 9.17) is 0 Å². The molecule has 0 aromatic heterocycles. The molecular formula is C20H28N2O3. The molecule has 0 aliphatic carbocycles. The quantitative estimate of drug-likeness (QED) is 0.892. The molecule has 0 bridgehead atoms. The van der Waals surface area contributed by atoms with E-state index in [-0.39, 0.29) is 11.9 Å². The van der Waals surface area contributed by atoms with Crippen molar-refractivity contribution in [2.24, 2.45) is 5.92 Å². The molecule has 2 aliphatic rings. The zero-order valence-corrected chi connectivity index (χ0v) is 15.1. The summed E-state index contributed by atoms with van der Waals surface area (Å²) >= 11 is 0. The van der Waals surface area contributed by atoms with Crippen LogP contribution in [0.2, 0.25) is 0 Å². The molecule has 2 saturated heterocycles. The highest BCUT2D eigenvalue weighted by Crippen LogP contribution is 2.38. The number of carbonyl (C=O) groups is 2. The van der Waals surface area contributed by atoms with E-state index in [9.17, 15) is 14.7 Å². The van der Waals surface area contributed by atoms with E-state index < -0.39 is 11.9 Å². The van der Waals surface area contributed by atoms with Crippen LogP contribution >= 0.6 is 0 Å². The number of likely N-dealkylation sites (tertiary alicyclic amines) is 2. The lowest BCUT2D eigenvalue weighted by molar-refractivity contribution is -0.152. The molecule has 136 valence electrons. The number of nitrogens with zero attached hydrogens (tertiary/aromatic N) is 2. The minimum absolute atomic E-state index is 0.0898. The standard InChI is InChI=1S/C20H28N2O3/c1-3-21-11-5-8-16(21)13-22-18(23)10-9-17(20(24)25)19(22)15-7-4-6-14(2)12-15/h4,6-7,12,16-17,19H,3,5,8-11,13H2,1-2H3,(H,24,25). The van der Waals surface area contributed by atoms with Gasteiger partial charge in [-0.1, -0.05) is 36.8 Å². The lowest BCUT2D eigenvalue weighted by Gasteiger charge is -2.42. The Bertz CT molecular complexity index is 646. The molecular weight excluding hydrogens is 316 g/mol. The normalized spacial score (nSPS) is 27.7. The van der Waals surface area contributed by atoms with Crippen LogP contribution in [-0.4, -0.2) is 52.5 Å². The van der Waals surface area contributed by atoms with Gasteiger partial charge in [0.2, 0.25) is 5.91 Å².